The monoisotopic (exact) mass is 284 g/mol. The first-order valence-electron chi connectivity index (χ1n) is 7.54. The van der Waals surface area contributed by atoms with Gasteiger partial charge in [-0.25, -0.2) is 4.79 Å². The Hall–Kier alpha value is -1.30. The van der Waals surface area contributed by atoms with Crippen LogP contribution in [-0.4, -0.2) is 40.4 Å². The van der Waals surface area contributed by atoms with Gasteiger partial charge in [-0.2, -0.15) is 0 Å². The first-order valence-corrected chi connectivity index (χ1v) is 7.54. The van der Waals surface area contributed by atoms with Crippen molar-refractivity contribution in [2.45, 2.75) is 69.6 Å². The summed E-state index contributed by atoms with van der Waals surface area (Å²) in [6, 6.07) is -0.541. The summed E-state index contributed by atoms with van der Waals surface area (Å²) in [5.41, 5.74) is 0. The number of carbonyl (C=O) groups is 2. The van der Waals surface area contributed by atoms with Gasteiger partial charge < -0.3 is 20.8 Å². The van der Waals surface area contributed by atoms with Crippen molar-refractivity contribution in [3.05, 3.63) is 0 Å². The van der Waals surface area contributed by atoms with Gasteiger partial charge in [-0.15, -0.1) is 0 Å². The molecule has 0 bridgehead atoms. The van der Waals surface area contributed by atoms with Crippen LogP contribution in [0.25, 0.3) is 0 Å². The lowest BCUT2D eigenvalue weighted by molar-refractivity contribution is -0.141. The van der Waals surface area contributed by atoms with Crippen LogP contribution in [0, 0.1) is 5.92 Å². The molecule has 4 unspecified atom stereocenters. The van der Waals surface area contributed by atoms with Gasteiger partial charge in [-0.3, -0.25) is 4.79 Å². The predicted molar refractivity (Wildman–Crippen MR) is 73.3 cm³/mol. The van der Waals surface area contributed by atoms with E-state index in [2.05, 4.69) is 10.6 Å². The van der Waals surface area contributed by atoms with Gasteiger partial charge >= 0.3 is 12.0 Å². The molecule has 2 amide bonds. The van der Waals surface area contributed by atoms with E-state index in [1.54, 1.807) is 0 Å². The molecule has 0 heterocycles. The molecule has 2 rings (SSSR count). The smallest absolute Gasteiger partial charge is 0.315 e. The first-order chi connectivity index (χ1) is 9.56. The van der Waals surface area contributed by atoms with Crippen molar-refractivity contribution in [2.24, 2.45) is 5.92 Å². The fourth-order valence-corrected chi connectivity index (χ4v) is 3.19. The van der Waals surface area contributed by atoms with Gasteiger partial charge in [0.1, 0.15) is 0 Å². The van der Waals surface area contributed by atoms with Crippen molar-refractivity contribution in [3.8, 4) is 0 Å². The third kappa shape index (κ3) is 4.10. The highest BCUT2D eigenvalue weighted by Gasteiger charge is 2.31. The summed E-state index contributed by atoms with van der Waals surface area (Å²) in [7, 11) is 0. The molecule has 2 aliphatic carbocycles. The van der Waals surface area contributed by atoms with Crippen molar-refractivity contribution in [3.63, 3.8) is 0 Å². The highest BCUT2D eigenvalue weighted by molar-refractivity contribution is 5.75. The van der Waals surface area contributed by atoms with Crippen LogP contribution in [0.15, 0.2) is 0 Å². The molecule has 6 nitrogen and oxygen atoms in total. The molecule has 0 aromatic rings. The van der Waals surface area contributed by atoms with Crippen molar-refractivity contribution in [1.29, 1.82) is 0 Å². The van der Waals surface area contributed by atoms with Crippen molar-refractivity contribution in [2.75, 3.05) is 0 Å². The predicted octanol–water partition coefficient (Wildman–Crippen LogP) is 1.23. The second kappa shape index (κ2) is 6.92. The van der Waals surface area contributed by atoms with E-state index in [-0.39, 0.29) is 24.0 Å². The summed E-state index contributed by atoms with van der Waals surface area (Å²) in [5, 5.41) is 24.5. The molecule has 4 N–H and O–H groups in total. The molecule has 0 aliphatic heterocycles. The minimum atomic E-state index is -0.783. The molecule has 20 heavy (non-hydrogen) atoms. The largest absolute Gasteiger partial charge is 0.481 e. The van der Waals surface area contributed by atoms with Gasteiger partial charge in [0.25, 0.3) is 0 Å². The normalized spacial score (nSPS) is 34.2. The molecule has 114 valence electrons. The molecule has 0 spiro atoms. The number of carboxylic acids is 1. The highest BCUT2D eigenvalue weighted by atomic mass is 16.4. The van der Waals surface area contributed by atoms with Crippen LogP contribution in [-0.2, 0) is 4.79 Å². The maximum Gasteiger partial charge on any atom is 0.315 e. The Morgan fingerprint density at radius 3 is 2.40 bits per heavy atom. The zero-order valence-corrected chi connectivity index (χ0v) is 11.7. The van der Waals surface area contributed by atoms with Crippen LogP contribution >= 0.6 is 0 Å². The molecule has 2 fully saturated rings. The lowest BCUT2D eigenvalue weighted by atomic mass is 10.1. The maximum atomic E-state index is 11.9. The highest BCUT2D eigenvalue weighted by Crippen LogP contribution is 2.25. The van der Waals surface area contributed by atoms with Crippen LogP contribution < -0.4 is 10.6 Å². The lowest BCUT2D eigenvalue weighted by Crippen LogP contribution is -2.49. The first kappa shape index (κ1) is 15.1. The number of rotatable bonds is 3. The van der Waals surface area contributed by atoms with E-state index < -0.39 is 12.1 Å². The number of aliphatic hydroxyl groups excluding tert-OH is 1. The summed E-state index contributed by atoms with van der Waals surface area (Å²) in [4.78, 5) is 22.8. The van der Waals surface area contributed by atoms with Gasteiger partial charge in [0.2, 0.25) is 0 Å². The number of aliphatic carboxylic acids is 1. The van der Waals surface area contributed by atoms with Gasteiger partial charge in [0.15, 0.2) is 0 Å². The summed E-state index contributed by atoms with van der Waals surface area (Å²) in [6.07, 6.45) is 6.00. The molecular formula is C14H24N2O4. The minimum Gasteiger partial charge on any atom is -0.481 e. The second-order valence-electron chi connectivity index (χ2n) is 5.97. The van der Waals surface area contributed by atoms with Crippen LogP contribution in [0.4, 0.5) is 4.79 Å². The van der Waals surface area contributed by atoms with Gasteiger partial charge in [-0.1, -0.05) is 19.3 Å². The van der Waals surface area contributed by atoms with Crippen molar-refractivity contribution in [1.82, 2.24) is 10.6 Å². The lowest BCUT2D eigenvalue weighted by Gasteiger charge is -2.23. The standard InChI is InChI=1S/C14H24N2O4/c17-12-5-3-1-2-4-11(12)16-14(20)15-10-7-6-9(8-10)13(18)19/h9-12,17H,1-8H2,(H,18,19)(H2,15,16,20). The van der Waals surface area contributed by atoms with Crippen molar-refractivity contribution < 1.29 is 19.8 Å². The summed E-state index contributed by atoms with van der Waals surface area (Å²) < 4.78 is 0. The molecule has 2 saturated carbocycles. The average Bonchev–Trinajstić information content (AvgIpc) is 2.76. The molecule has 0 saturated heterocycles. The Bertz CT molecular complexity index is 361. The molecule has 0 aromatic heterocycles. The number of hydrogen-bond donors (Lipinski definition) is 4. The minimum absolute atomic E-state index is 0.0704. The molecule has 0 radical (unpaired) electrons. The number of urea groups is 1. The van der Waals surface area contributed by atoms with Gasteiger partial charge in [0, 0.05) is 6.04 Å². The topological polar surface area (TPSA) is 98.7 Å². The fraction of sp³-hybridized carbons (Fsp3) is 0.857. The Balaban J connectivity index is 1.76. The number of aliphatic hydroxyl groups is 1. The average molecular weight is 284 g/mol. The van der Waals surface area contributed by atoms with Gasteiger partial charge in [0.05, 0.1) is 18.1 Å². The van der Waals surface area contributed by atoms with Crippen LogP contribution in [0.5, 0.6) is 0 Å². The molecule has 6 heteroatoms. The van der Waals surface area contributed by atoms with Crippen LogP contribution in [0.3, 0.4) is 0 Å². The quantitative estimate of drug-likeness (QED) is 0.586. The molecule has 4 atom stereocenters. The van der Waals surface area contributed by atoms with E-state index in [0.717, 1.165) is 32.1 Å². The Labute approximate surface area is 118 Å². The van der Waals surface area contributed by atoms with Gasteiger partial charge in [-0.05, 0) is 32.1 Å². The summed E-state index contributed by atoms with van der Waals surface area (Å²) >= 11 is 0. The number of carbonyl (C=O) groups excluding carboxylic acids is 1. The number of hydrogen-bond acceptors (Lipinski definition) is 3. The fourth-order valence-electron chi connectivity index (χ4n) is 3.19. The summed E-state index contributed by atoms with van der Waals surface area (Å²) in [6.45, 7) is 0. The van der Waals surface area contributed by atoms with E-state index in [4.69, 9.17) is 5.11 Å². The zero-order valence-electron chi connectivity index (χ0n) is 11.7. The summed E-state index contributed by atoms with van der Waals surface area (Å²) in [5.74, 6) is -1.13. The Kier molecular flexibility index (Phi) is 5.23. The zero-order chi connectivity index (χ0) is 14.5. The Morgan fingerprint density at radius 1 is 0.950 bits per heavy atom. The van der Waals surface area contributed by atoms with E-state index in [9.17, 15) is 14.7 Å². The van der Waals surface area contributed by atoms with E-state index in [1.807, 2.05) is 0 Å². The third-order valence-corrected chi connectivity index (χ3v) is 4.41. The maximum absolute atomic E-state index is 11.9. The molecule has 2 aliphatic rings. The second-order valence-corrected chi connectivity index (χ2v) is 5.97. The number of amides is 2. The SMILES string of the molecule is O=C(NC1CCC(C(=O)O)C1)NC1CCCCCC1O. The van der Waals surface area contributed by atoms with Crippen LogP contribution in [0.1, 0.15) is 51.4 Å². The molecular weight excluding hydrogens is 260 g/mol. The number of carboxylic acid groups (broad SMARTS) is 1. The number of nitrogens with one attached hydrogen (secondary N) is 2. The Morgan fingerprint density at radius 2 is 1.70 bits per heavy atom. The third-order valence-electron chi connectivity index (χ3n) is 4.41. The van der Waals surface area contributed by atoms with E-state index >= 15 is 0 Å². The molecule has 0 aromatic carbocycles. The van der Waals surface area contributed by atoms with E-state index in [0.29, 0.717) is 19.3 Å². The van der Waals surface area contributed by atoms with Crippen molar-refractivity contribution >= 4 is 12.0 Å². The van der Waals surface area contributed by atoms with Crippen LogP contribution in [0.2, 0.25) is 0 Å². The van der Waals surface area contributed by atoms with E-state index in [1.165, 1.54) is 0 Å².